The quantitative estimate of drug-likeness (QED) is 0.890. The number of hydrogen-bond donors (Lipinski definition) is 1. The van der Waals surface area contributed by atoms with Crippen LogP contribution in [-0.4, -0.2) is 29.1 Å². The third-order valence-electron chi connectivity index (χ3n) is 5.04. The number of fused-ring (bicyclic) bond motifs is 1. The van der Waals surface area contributed by atoms with Crippen molar-refractivity contribution >= 4 is 21.9 Å². The Morgan fingerprint density at radius 3 is 2.76 bits per heavy atom. The highest BCUT2D eigenvalue weighted by molar-refractivity contribution is 9.10. The van der Waals surface area contributed by atoms with E-state index in [1.165, 1.54) is 28.4 Å². The molecule has 1 heterocycles. The van der Waals surface area contributed by atoms with Gasteiger partial charge >= 0.3 is 5.97 Å². The van der Waals surface area contributed by atoms with Crippen LogP contribution in [0.2, 0.25) is 0 Å². The maximum absolute atomic E-state index is 10.7. The largest absolute Gasteiger partial charge is 0.481 e. The van der Waals surface area contributed by atoms with Crippen molar-refractivity contribution in [3.05, 3.63) is 33.8 Å². The van der Waals surface area contributed by atoms with E-state index < -0.39 is 5.97 Å². The summed E-state index contributed by atoms with van der Waals surface area (Å²) in [5.74, 6) is -0.0623. The first kappa shape index (κ1) is 15.0. The molecule has 3 nitrogen and oxygen atoms in total. The molecule has 0 aromatic heterocycles. The first-order valence-electron chi connectivity index (χ1n) is 7.88. The molecule has 21 heavy (non-hydrogen) atoms. The van der Waals surface area contributed by atoms with Gasteiger partial charge in [0.25, 0.3) is 0 Å². The highest BCUT2D eigenvalue weighted by atomic mass is 79.9. The van der Waals surface area contributed by atoms with Crippen LogP contribution >= 0.6 is 15.9 Å². The van der Waals surface area contributed by atoms with Crippen molar-refractivity contribution in [2.75, 3.05) is 13.1 Å². The average molecular weight is 352 g/mol. The SMILES string of the molecule is O=C(O)CCC1CCN(C2CCc3c(Br)cccc32)CC1. The Morgan fingerprint density at radius 2 is 2.05 bits per heavy atom. The van der Waals surface area contributed by atoms with Gasteiger partial charge in [0, 0.05) is 16.9 Å². The van der Waals surface area contributed by atoms with Crippen LogP contribution < -0.4 is 0 Å². The zero-order valence-corrected chi connectivity index (χ0v) is 13.8. The number of carboxylic acid groups (broad SMARTS) is 1. The number of nitrogens with zero attached hydrogens (tertiary/aromatic N) is 1. The van der Waals surface area contributed by atoms with Gasteiger partial charge in [-0.2, -0.15) is 0 Å². The molecule has 114 valence electrons. The summed E-state index contributed by atoms with van der Waals surface area (Å²) < 4.78 is 1.25. The summed E-state index contributed by atoms with van der Waals surface area (Å²) in [6.07, 6.45) is 5.85. The minimum atomic E-state index is -0.660. The normalized spacial score (nSPS) is 23.2. The molecule has 1 saturated heterocycles. The number of piperidine rings is 1. The molecule has 1 unspecified atom stereocenters. The molecular formula is C17H22BrNO2. The molecule has 1 aromatic rings. The van der Waals surface area contributed by atoms with E-state index in [0.717, 1.165) is 32.4 Å². The maximum Gasteiger partial charge on any atom is 0.303 e. The summed E-state index contributed by atoms with van der Waals surface area (Å²) >= 11 is 3.67. The van der Waals surface area contributed by atoms with Crippen LogP contribution in [0.4, 0.5) is 0 Å². The van der Waals surface area contributed by atoms with Gasteiger partial charge in [-0.05, 0) is 68.3 Å². The molecule has 0 saturated carbocycles. The first-order valence-corrected chi connectivity index (χ1v) is 8.67. The van der Waals surface area contributed by atoms with E-state index in [1.807, 2.05) is 0 Å². The molecule has 1 aliphatic carbocycles. The Hall–Kier alpha value is -0.870. The number of aliphatic carboxylic acids is 1. The second-order valence-electron chi connectivity index (χ2n) is 6.27. The van der Waals surface area contributed by atoms with Crippen molar-refractivity contribution in [3.8, 4) is 0 Å². The van der Waals surface area contributed by atoms with Crippen molar-refractivity contribution in [1.29, 1.82) is 0 Å². The lowest BCUT2D eigenvalue weighted by molar-refractivity contribution is -0.137. The summed E-state index contributed by atoms with van der Waals surface area (Å²) in [6, 6.07) is 7.12. The minimum absolute atomic E-state index is 0.323. The Labute approximate surface area is 134 Å². The number of halogens is 1. The van der Waals surface area contributed by atoms with Crippen LogP contribution in [0.1, 0.15) is 49.3 Å². The molecular weight excluding hydrogens is 330 g/mol. The van der Waals surface area contributed by atoms with Crippen LogP contribution in [0.25, 0.3) is 0 Å². The van der Waals surface area contributed by atoms with Gasteiger partial charge in [0.2, 0.25) is 0 Å². The van der Waals surface area contributed by atoms with E-state index in [-0.39, 0.29) is 0 Å². The first-order chi connectivity index (χ1) is 10.1. The fourth-order valence-corrected chi connectivity index (χ4v) is 4.43. The van der Waals surface area contributed by atoms with Crippen LogP contribution in [0.15, 0.2) is 22.7 Å². The smallest absolute Gasteiger partial charge is 0.303 e. The fourth-order valence-electron chi connectivity index (χ4n) is 3.85. The number of benzene rings is 1. The van der Waals surface area contributed by atoms with Gasteiger partial charge in [-0.25, -0.2) is 0 Å². The molecule has 1 fully saturated rings. The highest BCUT2D eigenvalue weighted by Crippen LogP contribution is 2.40. The van der Waals surface area contributed by atoms with Gasteiger partial charge in [0.15, 0.2) is 0 Å². The van der Waals surface area contributed by atoms with Crippen molar-refractivity contribution in [2.24, 2.45) is 5.92 Å². The number of carboxylic acids is 1. The Bertz CT molecular complexity index is 524. The zero-order valence-electron chi connectivity index (χ0n) is 12.2. The van der Waals surface area contributed by atoms with E-state index >= 15 is 0 Å². The lowest BCUT2D eigenvalue weighted by Gasteiger charge is -2.36. The standard InChI is InChI=1S/C17H22BrNO2/c18-15-3-1-2-14-13(15)5-6-16(14)19-10-8-12(9-11-19)4-7-17(20)21/h1-3,12,16H,4-11H2,(H,20,21). The fraction of sp³-hybridized carbons (Fsp3) is 0.588. The lowest BCUT2D eigenvalue weighted by Crippen LogP contribution is -2.36. The molecule has 2 aliphatic rings. The Kier molecular flexibility index (Phi) is 4.65. The molecule has 4 heteroatoms. The molecule has 1 aliphatic heterocycles. The molecule has 1 N–H and O–H groups in total. The molecule has 3 rings (SSSR count). The van der Waals surface area contributed by atoms with E-state index in [9.17, 15) is 4.79 Å². The summed E-state index contributed by atoms with van der Waals surface area (Å²) in [7, 11) is 0. The second kappa shape index (κ2) is 6.49. The summed E-state index contributed by atoms with van der Waals surface area (Å²) in [5.41, 5.74) is 2.98. The number of rotatable bonds is 4. The van der Waals surface area contributed by atoms with Gasteiger partial charge in [-0.3, -0.25) is 9.69 Å². The monoisotopic (exact) mass is 351 g/mol. The van der Waals surface area contributed by atoms with E-state index in [0.29, 0.717) is 18.4 Å². The Morgan fingerprint density at radius 1 is 1.29 bits per heavy atom. The molecule has 0 amide bonds. The van der Waals surface area contributed by atoms with Crippen molar-refractivity contribution in [1.82, 2.24) is 4.90 Å². The summed E-state index contributed by atoms with van der Waals surface area (Å²) in [6.45, 7) is 2.22. The lowest BCUT2D eigenvalue weighted by atomic mass is 9.91. The third kappa shape index (κ3) is 3.32. The number of hydrogen-bond acceptors (Lipinski definition) is 2. The number of carbonyl (C=O) groups is 1. The van der Waals surface area contributed by atoms with Crippen LogP contribution in [-0.2, 0) is 11.2 Å². The Balaban J connectivity index is 1.59. The van der Waals surface area contributed by atoms with Gasteiger partial charge < -0.3 is 5.11 Å². The van der Waals surface area contributed by atoms with Gasteiger partial charge in [-0.1, -0.05) is 28.1 Å². The number of likely N-dealkylation sites (tertiary alicyclic amines) is 1. The van der Waals surface area contributed by atoms with Crippen molar-refractivity contribution in [3.63, 3.8) is 0 Å². The van der Waals surface area contributed by atoms with Crippen molar-refractivity contribution in [2.45, 2.75) is 44.6 Å². The van der Waals surface area contributed by atoms with E-state index in [2.05, 4.69) is 39.0 Å². The van der Waals surface area contributed by atoms with Gasteiger partial charge in [0.1, 0.15) is 0 Å². The second-order valence-corrected chi connectivity index (χ2v) is 7.13. The van der Waals surface area contributed by atoms with Crippen LogP contribution in [0.5, 0.6) is 0 Å². The topological polar surface area (TPSA) is 40.5 Å². The minimum Gasteiger partial charge on any atom is -0.481 e. The zero-order chi connectivity index (χ0) is 14.8. The third-order valence-corrected chi connectivity index (χ3v) is 5.78. The molecule has 1 aromatic carbocycles. The molecule has 0 radical (unpaired) electrons. The van der Waals surface area contributed by atoms with E-state index in [1.54, 1.807) is 0 Å². The molecule has 0 spiro atoms. The van der Waals surface area contributed by atoms with Crippen LogP contribution in [0.3, 0.4) is 0 Å². The average Bonchev–Trinajstić information content (AvgIpc) is 2.91. The predicted octanol–water partition coefficient (Wildman–Crippen LogP) is 4.01. The highest BCUT2D eigenvalue weighted by Gasteiger charge is 2.31. The van der Waals surface area contributed by atoms with Crippen LogP contribution in [0, 0.1) is 5.92 Å². The van der Waals surface area contributed by atoms with Gasteiger partial charge in [-0.15, -0.1) is 0 Å². The van der Waals surface area contributed by atoms with Gasteiger partial charge in [0.05, 0.1) is 0 Å². The van der Waals surface area contributed by atoms with E-state index in [4.69, 9.17) is 5.11 Å². The molecule has 0 bridgehead atoms. The maximum atomic E-state index is 10.7. The predicted molar refractivity (Wildman–Crippen MR) is 86.4 cm³/mol. The van der Waals surface area contributed by atoms with Crippen molar-refractivity contribution < 1.29 is 9.90 Å². The summed E-state index contributed by atoms with van der Waals surface area (Å²) in [5, 5.41) is 8.79. The summed E-state index contributed by atoms with van der Waals surface area (Å²) in [4.78, 5) is 13.3. The molecule has 1 atom stereocenters.